The lowest BCUT2D eigenvalue weighted by Gasteiger charge is -2.39. The summed E-state index contributed by atoms with van der Waals surface area (Å²) in [6.07, 6.45) is 6.54. The summed E-state index contributed by atoms with van der Waals surface area (Å²) in [6, 6.07) is 10.1. The molecule has 1 N–H and O–H groups in total. The van der Waals surface area contributed by atoms with Crippen LogP contribution >= 0.6 is 22.9 Å². The maximum atomic E-state index is 6.68. The van der Waals surface area contributed by atoms with Crippen LogP contribution in [0.2, 0.25) is 5.02 Å². The normalized spacial score (nSPS) is 19.1. The molecule has 0 radical (unpaired) electrons. The maximum Gasteiger partial charge on any atom is 0.147 e. The summed E-state index contributed by atoms with van der Waals surface area (Å²) in [6.45, 7) is 2.53. The van der Waals surface area contributed by atoms with Crippen molar-refractivity contribution in [2.24, 2.45) is 0 Å². The zero-order chi connectivity index (χ0) is 25.2. The Bertz CT molecular complexity index is 1360. The Morgan fingerprint density at radius 1 is 1.16 bits per heavy atom. The molecule has 1 aliphatic heterocycles. The molecule has 1 unspecified atom stereocenters. The van der Waals surface area contributed by atoms with Crippen molar-refractivity contribution in [2.75, 3.05) is 40.3 Å². The topological polar surface area (TPSA) is 87.7 Å². The summed E-state index contributed by atoms with van der Waals surface area (Å²) >= 11 is 8.30. The molecule has 4 aromatic rings. The summed E-state index contributed by atoms with van der Waals surface area (Å²) in [4.78, 5) is 13.7. The van der Waals surface area contributed by atoms with Gasteiger partial charge in [-0.25, -0.2) is 9.97 Å². The molecule has 6 rings (SSSR count). The molecule has 0 bridgehead atoms. The number of nitrogens with zero attached hydrogens (tertiary/aromatic N) is 2. The van der Waals surface area contributed by atoms with Gasteiger partial charge in [-0.2, -0.15) is 0 Å². The first kappa shape index (κ1) is 24.8. The average molecular weight is 542 g/mol. The third kappa shape index (κ3) is 4.99. The Hall–Kier alpha value is -2.53. The van der Waals surface area contributed by atoms with Gasteiger partial charge in [0.15, 0.2) is 0 Å². The van der Waals surface area contributed by atoms with Crippen molar-refractivity contribution in [3.8, 4) is 27.4 Å². The highest BCUT2D eigenvalue weighted by molar-refractivity contribution is 7.15. The first-order chi connectivity index (χ1) is 18.1. The summed E-state index contributed by atoms with van der Waals surface area (Å²) in [5.41, 5.74) is 3.31. The molecule has 1 aromatic carbocycles. The van der Waals surface area contributed by atoms with Crippen molar-refractivity contribution in [1.82, 2.24) is 15.0 Å². The minimum Gasteiger partial charge on any atom is -0.491 e. The Morgan fingerprint density at radius 2 is 2.03 bits per heavy atom. The first-order valence-corrected chi connectivity index (χ1v) is 13.5. The van der Waals surface area contributed by atoms with Crippen molar-refractivity contribution in [2.45, 2.75) is 31.0 Å². The number of hydrogen-bond donors (Lipinski definition) is 1. The van der Waals surface area contributed by atoms with Crippen LogP contribution in [0.15, 0.2) is 42.7 Å². The molecule has 1 saturated heterocycles. The number of aromatic amines is 1. The molecular weight excluding hydrogens is 514 g/mol. The van der Waals surface area contributed by atoms with E-state index in [0.29, 0.717) is 31.5 Å². The van der Waals surface area contributed by atoms with Crippen molar-refractivity contribution >= 4 is 34.0 Å². The largest absolute Gasteiger partial charge is 0.491 e. The SMILES string of the molecule is COCOC1(c2ncc(-c3c(Cl)cnc4[nH]c(-c5ccc(OCC6COCCO6)cc5)cc34)s2)CCC1. The maximum absolute atomic E-state index is 6.68. The van der Waals surface area contributed by atoms with Crippen LogP contribution in [0, 0.1) is 0 Å². The lowest BCUT2D eigenvalue weighted by molar-refractivity contribution is -0.171. The van der Waals surface area contributed by atoms with E-state index in [4.69, 9.17) is 40.3 Å². The highest BCUT2D eigenvalue weighted by atomic mass is 35.5. The first-order valence-electron chi connectivity index (χ1n) is 12.3. The van der Waals surface area contributed by atoms with E-state index < -0.39 is 0 Å². The van der Waals surface area contributed by atoms with Gasteiger partial charge in [-0.1, -0.05) is 11.6 Å². The van der Waals surface area contributed by atoms with Crippen LogP contribution in [0.4, 0.5) is 0 Å². The number of halogens is 1. The molecule has 1 saturated carbocycles. The number of thiazole rings is 1. The second-order valence-electron chi connectivity index (χ2n) is 9.26. The van der Waals surface area contributed by atoms with Crippen LogP contribution in [0.3, 0.4) is 0 Å². The molecule has 2 fully saturated rings. The van der Waals surface area contributed by atoms with E-state index in [1.54, 1.807) is 24.6 Å². The van der Waals surface area contributed by atoms with Crippen LogP contribution in [0.5, 0.6) is 5.75 Å². The van der Waals surface area contributed by atoms with E-state index in [2.05, 4.69) is 16.0 Å². The van der Waals surface area contributed by atoms with Gasteiger partial charge in [0.2, 0.25) is 0 Å². The number of nitrogens with one attached hydrogen (secondary N) is 1. The quantitative estimate of drug-likeness (QED) is 0.268. The number of ether oxygens (including phenoxy) is 5. The number of benzene rings is 1. The zero-order valence-electron chi connectivity index (χ0n) is 20.5. The fourth-order valence-corrected chi connectivity index (χ4v) is 6.20. The molecule has 37 heavy (non-hydrogen) atoms. The number of fused-ring (bicyclic) bond motifs is 1. The minimum atomic E-state index is -0.360. The van der Waals surface area contributed by atoms with Crippen LogP contribution in [-0.2, 0) is 24.5 Å². The molecule has 194 valence electrons. The Balaban J connectivity index is 1.24. The van der Waals surface area contributed by atoms with Crippen LogP contribution < -0.4 is 4.74 Å². The Kier molecular flexibility index (Phi) is 7.16. The molecule has 0 spiro atoms. The van der Waals surface area contributed by atoms with Gasteiger partial charge >= 0.3 is 0 Å². The van der Waals surface area contributed by atoms with Crippen molar-refractivity contribution < 1.29 is 23.7 Å². The highest BCUT2D eigenvalue weighted by Gasteiger charge is 2.43. The molecule has 0 amide bonds. The van der Waals surface area contributed by atoms with Gasteiger partial charge in [0, 0.05) is 36.1 Å². The number of hydrogen-bond acceptors (Lipinski definition) is 8. The van der Waals surface area contributed by atoms with Gasteiger partial charge < -0.3 is 28.7 Å². The lowest BCUT2D eigenvalue weighted by Crippen LogP contribution is -2.37. The molecule has 1 atom stereocenters. The number of H-pyrrole nitrogens is 1. The van der Waals surface area contributed by atoms with Gasteiger partial charge in [-0.15, -0.1) is 11.3 Å². The van der Waals surface area contributed by atoms with Gasteiger partial charge in [0.1, 0.15) is 41.5 Å². The smallest absolute Gasteiger partial charge is 0.147 e. The zero-order valence-corrected chi connectivity index (χ0v) is 22.1. The lowest BCUT2D eigenvalue weighted by atomic mass is 9.80. The van der Waals surface area contributed by atoms with E-state index in [-0.39, 0.29) is 18.5 Å². The third-order valence-corrected chi connectivity index (χ3v) is 8.34. The fraction of sp³-hybridized carbons (Fsp3) is 0.407. The second kappa shape index (κ2) is 10.7. The van der Waals surface area contributed by atoms with Crippen molar-refractivity contribution in [3.63, 3.8) is 0 Å². The predicted octanol–water partition coefficient (Wildman–Crippen LogP) is 5.80. The van der Waals surface area contributed by atoms with E-state index in [1.807, 2.05) is 30.5 Å². The molecule has 8 nitrogen and oxygen atoms in total. The number of methoxy groups -OCH3 is 1. The van der Waals surface area contributed by atoms with Gasteiger partial charge in [0.05, 0.1) is 29.7 Å². The summed E-state index contributed by atoms with van der Waals surface area (Å²) in [5.74, 6) is 0.786. The van der Waals surface area contributed by atoms with Crippen LogP contribution in [-0.4, -0.2) is 61.4 Å². The fourth-order valence-electron chi connectivity index (χ4n) is 4.70. The summed E-state index contributed by atoms with van der Waals surface area (Å²) < 4.78 is 28.2. The average Bonchev–Trinajstić information content (AvgIpc) is 3.56. The molecule has 4 heterocycles. The van der Waals surface area contributed by atoms with Gasteiger partial charge in [-0.3, -0.25) is 0 Å². The van der Waals surface area contributed by atoms with Crippen molar-refractivity contribution in [3.05, 3.63) is 52.8 Å². The summed E-state index contributed by atoms with van der Waals surface area (Å²) in [5, 5.41) is 2.50. The van der Waals surface area contributed by atoms with E-state index in [0.717, 1.165) is 62.8 Å². The number of aromatic nitrogens is 3. The van der Waals surface area contributed by atoms with Crippen LogP contribution in [0.1, 0.15) is 24.3 Å². The minimum absolute atomic E-state index is 0.0330. The standard InChI is InChI=1S/C27H28ClN3O5S/c1-32-16-36-27(7-2-8-27)26-30-13-23(37-26)24-20-11-22(31-25(20)29-12-21(24)28)17-3-5-18(6-4-17)35-15-19-14-33-9-10-34-19/h3-6,11-13,19H,2,7-10,14-16H2,1H3,(H,29,31). The molecule has 1 aliphatic carbocycles. The highest BCUT2D eigenvalue weighted by Crippen LogP contribution is 2.48. The molecular formula is C27H28ClN3O5S. The molecule has 3 aromatic heterocycles. The van der Waals surface area contributed by atoms with E-state index in [9.17, 15) is 0 Å². The number of pyridine rings is 1. The third-order valence-electron chi connectivity index (χ3n) is 6.85. The van der Waals surface area contributed by atoms with E-state index >= 15 is 0 Å². The van der Waals surface area contributed by atoms with Gasteiger partial charge in [0.25, 0.3) is 0 Å². The Labute approximate surface area is 223 Å². The second-order valence-corrected chi connectivity index (χ2v) is 10.7. The molecule has 2 aliphatic rings. The Morgan fingerprint density at radius 3 is 2.76 bits per heavy atom. The number of rotatable bonds is 9. The van der Waals surface area contributed by atoms with Crippen molar-refractivity contribution in [1.29, 1.82) is 0 Å². The predicted molar refractivity (Wildman–Crippen MR) is 142 cm³/mol. The monoisotopic (exact) mass is 541 g/mol. The summed E-state index contributed by atoms with van der Waals surface area (Å²) in [7, 11) is 1.64. The van der Waals surface area contributed by atoms with Gasteiger partial charge in [-0.05, 0) is 55.2 Å². The molecule has 10 heteroatoms. The van der Waals surface area contributed by atoms with Crippen LogP contribution in [0.25, 0.3) is 32.7 Å². The van der Waals surface area contributed by atoms with E-state index in [1.165, 1.54) is 0 Å².